The normalized spacial score (nSPS) is 10.4. The molecule has 7 heteroatoms. The van der Waals surface area contributed by atoms with Gasteiger partial charge in [-0.25, -0.2) is 9.18 Å². The van der Waals surface area contributed by atoms with Crippen LogP contribution in [-0.4, -0.2) is 19.7 Å². The highest BCUT2D eigenvalue weighted by Crippen LogP contribution is 2.24. The molecule has 0 saturated carbocycles. The van der Waals surface area contributed by atoms with Crippen LogP contribution in [0.4, 0.5) is 17.6 Å². The van der Waals surface area contributed by atoms with Crippen molar-refractivity contribution in [1.82, 2.24) is 0 Å². The highest BCUT2D eigenvalue weighted by Gasteiger charge is 2.21. The molecule has 1 aromatic carbocycles. The zero-order valence-corrected chi connectivity index (χ0v) is 7.97. The summed E-state index contributed by atoms with van der Waals surface area (Å²) in [4.78, 5) is 10.9. The number of carbonyl (C=O) groups excluding carboxylic acids is 1. The van der Waals surface area contributed by atoms with Crippen LogP contribution < -0.4 is 4.74 Å². The SMILES string of the molecule is COC(=O)c1ccc(OC(F)F)c(F)c1F. The minimum atomic E-state index is -3.28. The van der Waals surface area contributed by atoms with E-state index in [4.69, 9.17) is 0 Å². The van der Waals surface area contributed by atoms with Gasteiger partial charge < -0.3 is 9.47 Å². The van der Waals surface area contributed by atoms with Gasteiger partial charge >= 0.3 is 12.6 Å². The number of methoxy groups -OCH3 is 1. The minimum Gasteiger partial charge on any atom is -0.465 e. The van der Waals surface area contributed by atoms with E-state index in [0.29, 0.717) is 0 Å². The third-order valence-corrected chi connectivity index (χ3v) is 1.67. The number of ether oxygens (including phenoxy) is 2. The van der Waals surface area contributed by atoms with Crippen molar-refractivity contribution in [2.75, 3.05) is 7.11 Å². The molecule has 0 fully saturated rings. The molecule has 0 atom stereocenters. The van der Waals surface area contributed by atoms with Crippen LogP contribution in [0.2, 0.25) is 0 Å². The first-order valence-corrected chi connectivity index (χ1v) is 3.98. The first-order valence-electron chi connectivity index (χ1n) is 3.98. The standard InChI is InChI=1S/C9H6F4O3/c1-15-8(14)4-2-3-5(16-9(12)13)7(11)6(4)10/h2-3,9H,1H3. The summed E-state index contributed by atoms with van der Waals surface area (Å²) in [5.41, 5.74) is -0.693. The van der Waals surface area contributed by atoms with Crippen LogP contribution in [-0.2, 0) is 4.74 Å². The molecule has 0 aliphatic heterocycles. The van der Waals surface area contributed by atoms with Gasteiger partial charge in [-0.15, -0.1) is 0 Å². The van der Waals surface area contributed by atoms with Crippen molar-refractivity contribution in [2.45, 2.75) is 6.61 Å². The van der Waals surface area contributed by atoms with Crippen molar-refractivity contribution in [1.29, 1.82) is 0 Å². The van der Waals surface area contributed by atoms with E-state index in [1.807, 2.05) is 0 Å². The molecule has 0 unspecified atom stereocenters. The van der Waals surface area contributed by atoms with E-state index in [0.717, 1.165) is 19.2 Å². The van der Waals surface area contributed by atoms with Gasteiger partial charge in [-0.1, -0.05) is 0 Å². The van der Waals surface area contributed by atoms with Gasteiger partial charge in [0.1, 0.15) is 0 Å². The van der Waals surface area contributed by atoms with Crippen LogP contribution in [0, 0.1) is 11.6 Å². The third kappa shape index (κ3) is 2.41. The second-order valence-corrected chi connectivity index (χ2v) is 2.61. The molecule has 0 aromatic heterocycles. The Morgan fingerprint density at radius 3 is 2.38 bits per heavy atom. The van der Waals surface area contributed by atoms with Crippen molar-refractivity contribution in [3.05, 3.63) is 29.3 Å². The predicted octanol–water partition coefficient (Wildman–Crippen LogP) is 2.35. The van der Waals surface area contributed by atoms with Crippen LogP contribution >= 0.6 is 0 Å². The molecule has 0 heterocycles. The number of carbonyl (C=O) groups is 1. The number of hydrogen-bond acceptors (Lipinski definition) is 3. The Hall–Kier alpha value is -1.79. The number of benzene rings is 1. The topological polar surface area (TPSA) is 35.5 Å². The Morgan fingerprint density at radius 1 is 1.25 bits per heavy atom. The van der Waals surface area contributed by atoms with E-state index in [9.17, 15) is 22.4 Å². The maximum Gasteiger partial charge on any atom is 0.387 e. The van der Waals surface area contributed by atoms with Gasteiger partial charge in [-0.05, 0) is 12.1 Å². The third-order valence-electron chi connectivity index (χ3n) is 1.67. The highest BCUT2D eigenvalue weighted by molar-refractivity contribution is 5.89. The number of esters is 1. The number of hydrogen-bond donors (Lipinski definition) is 0. The molecule has 0 bridgehead atoms. The van der Waals surface area contributed by atoms with Crippen molar-refractivity contribution >= 4 is 5.97 Å². The second kappa shape index (κ2) is 4.82. The van der Waals surface area contributed by atoms with Crippen LogP contribution in [0.25, 0.3) is 0 Å². The number of halogens is 4. The van der Waals surface area contributed by atoms with Gasteiger partial charge in [-0.3, -0.25) is 0 Å². The zero-order valence-electron chi connectivity index (χ0n) is 7.97. The Kier molecular flexibility index (Phi) is 3.70. The lowest BCUT2D eigenvalue weighted by Crippen LogP contribution is -2.09. The summed E-state index contributed by atoms with van der Waals surface area (Å²) in [6.45, 7) is -3.28. The van der Waals surface area contributed by atoms with E-state index in [-0.39, 0.29) is 0 Å². The van der Waals surface area contributed by atoms with Gasteiger partial charge in [0.25, 0.3) is 0 Å². The maximum atomic E-state index is 13.1. The minimum absolute atomic E-state index is 0.693. The summed E-state index contributed by atoms with van der Waals surface area (Å²) in [7, 11) is 0.975. The van der Waals surface area contributed by atoms with Gasteiger partial charge in [0.15, 0.2) is 11.6 Å². The Morgan fingerprint density at radius 2 is 1.88 bits per heavy atom. The van der Waals surface area contributed by atoms with E-state index < -0.39 is 35.5 Å². The molecular weight excluding hydrogens is 232 g/mol. The molecule has 0 aliphatic rings. The molecule has 0 amide bonds. The van der Waals surface area contributed by atoms with Gasteiger partial charge in [0.2, 0.25) is 5.82 Å². The number of rotatable bonds is 3. The zero-order chi connectivity index (χ0) is 12.3. The summed E-state index contributed by atoms with van der Waals surface area (Å²) in [6, 6.07) is 1.51. The lowest BCUT2D eigenvalue weighted by Gasteiger charge is -2.08. The lowest BCUT2D eigenvalue weighted by atomic mass is 10.2. The average Bonchev–Trinajstić information content (AvgIpc) is 2.23. The monoisotopic (exact) mass is 238 g/mol. The molecular formula is C9H6F4O3. The summed E-state index contributed by atoms with van der Waals surface area (Å²) in [5, 5.41) is 0. The quantitative estimate of drug-likeness (QED) is 0.599. The van der Waals surface area contributed by atoms with Crippen molar-refractivity contribution in [3.8, 4) is 5.75 Å². The largest absolute Gasteiger partial charge is 0.465 e. The summed E-state index contributed by atoms with van der Waals surface area (Å²) in [5.74, 6) is -5.34. The predicted molar refractivity (Wildman–Crippen MR) is 44.3 cm³/mol. The molecule has 0 N–H and O–H groups in total. The average molecular weight is 238 g/mol. The van der Waals surface area contributed by atoms with Gasteiger partial charge in [0.05, 0.1) is 12.7 Å². The van der Waals surface area contributed by atoms with Crippen molar-refractivity contribution < 1.29 is 31.8 Å². The number of alkyl halides is 2. The molecule has 0 saturated heterocycles. The highest BCUT2D eigenvalue weighted by atomic mass is 19.3. The smallest absolute Gasteiger partial charge is 0.387 e. The van der Waals surface area contributed by atoms with Crippen LogP contribution in [0.3, 0.4) is 0 Å². The first-order chi connectivity index (χ1) is 7.47. The van der Waals surface area contributed by atoms with E-state index >= 15 is 0 Å². The fourth-order valence-corrected chi connectivity index (χ4v) is 0.986. The van der Waals surface area contributed by atoms with E-state index in [1.165, 1.54) is 0 Å². The van der Waals surface area contributed by atoms with E-state index in [1.54, 1.807) is 0 Å². The van der Waals surface area contributed by atoms with Crippen LogP contribution in [0.15, 0.2) is 12.1 Å². The van der Waals surface area contributed by atoms with E-state index in [2.05, 4.69) is 9.47 Å². The summed E-state index contributed by atoms with van der Waals surface area (Å²) >= 11 is 0. The molecule has 0 spiro atoms. The lowest BCUT2D eigenvalue weighted by molar-refractivity contribution is -0.0525. The molecule has 0 radical (unpaired) electrons. The first kappa shape index (κ1) is 12.3. The molecule has 16 heavy (non-hydrogen) atoms. The van der Waals surface area contributed by atoms with Crippen molar-refractivity contribution in [3.63, 3.8) is 0 Å². The fourth-order valence-electron chi connectivity index (χ4n) is 0.986. The molecule has 0 aliphatic carbocycles. The molecule has 1 aromatic rings. The molecule has 1 rings (SSSR count). The second-order valence-electron chi connectivity index (χ2n) is 2.61. The Labute approximate surface area is 87.6 Å². The Bertz CT molecular complexity index is 406. The van der Waals surface area contributed by atoms with Gasteiger partial charge in [-0.2, -0.15) is 13.2 Å². The van der Waals surface area contributed by atoms with Crippen LogP contribution in [0.5, 0.6) is 5.75 Å². The molecule has 3 nitrogen and oxygen atoms in total. The van der Waals surface area contributed by atoms with Crippen molar-refractivity contribution in [2.24, 2.45) is 0 Å². The summed E-state index contributed by atoms with van der Waals surface area (Å²) < 4.78 is 57.6. The summed E-state index contributed by atoms with van der Waals surface area (Å²) in [6.07, 6.45) is 0. The maximum absolute atomic E-state index is 13.1. The Balaban J connectivity index is 3.13. The fraction of sp³-hybridized carbons (Fsp3) is 0.222. The molecule has 88 valence electrons. The van der Waals surface area contributed by atoms with Crippen LogP contribution in [0.1, 0.15) is 10.4 Å². The van der Waals surface area contributed by atoms with Gasteiger partial charge in [0, 0.05) is 0 Å².